The topological polar surface area (TPSA) is 66.0 Å². The van der Waals surface area contributed by atoms with Crippen molar-refractivity contribution >= 4 is 40.8 Å². The molecule has 0 atom stereocenters. The molecule has 1 aromatic carbocycles. The predicted molar refractivity (Wildman–Crippen MR) is 112 cm³/mol. The van der Waals surface area contributed by atoms with Crippen molar-refractivity contribution in [3.8, 4) is 16.9 Å². The molecule has 1 aromatic heterocycles. The minimum Gasteiger partial charge on any atom is -0.480 e. The summed E-state index contributed by atoms with van der Waals surface area (Å²) in [6.45, 7) is 2.77. The molecule has 0 radical (unpaired) electrons. The van der Waals surface area contributed by atoms with Crippen molar-refractivity contribution < 1.29 is 14.3 Å². The number of hydrogen-bond donors (Lipinski definition) is 0. The molecule has 2 amide bonds. The summed E-state index contributed by atoms with van der Waals surface area (Å²) >= 11 is 12.2. The summed E-state index contributed by atoms with van der Waals surface area (Å²) in [6, 6.07) is 6.99. The van der Waals surface area contributed by atoms with Gasteiger partial charge >= 0.3 is 0 Å². The summed E-state index contributed by atoms with van der Waals surface area (Å²) in [5.41, 5.74) is 1.55. The minimum atomic E-state index is -0.286. The number of hydrogen-bond acceptors (Lipinski definition) is 5. The van der Waals surface area contributed by atoms with Crippen LogP contribution in [0.3, 0.4) is 0 Å². The SMILES string of the molecule is CN1CCN(C(=O)CN2C(=O)COc3cc(-c4cc(Cl)cc(Cl)c4)cnc32)CC1. The van der Waals surface area contributed by atoms with E-state index in [1.807, 2.05) is 7.05 Å². The van der Waals surface area contributed by atoms with Gasteiger partial charge in [-0.05, 0) is 36.9 Å². The third-order valence-corrected chi connectivity index (χ3v) is 5.52. The van der Waals surface area contributed by atoms with Gasteiger partial charge < -0.3 is 14.5 Å². The number of piperazine rings is 1. The van der Waals surface area contributed by atoms with Gasteiger partial charge in [0.15, 0.2) is 18.2 Å². The van der Waals surface area contributed by atoms with Crippen molar-refractivity contribution in [3.05, 3.63) is 40.5 Å². The Morgan fingerprint density at radius 3 is 2.45 bits per heavy atom. The molecule has 0 aliphatic carbocycles. The number of ether oxygens (including phenoxy) is 1. The second kappa shape index (κ2) is 8.18. The van der Waals surface area contributed by atoms with Crippen molar-refractivity contribution in [1.29, 1.82) is 0 Å². The van der Waals surface area contributed by atoms with Crippen LogP contribution in [0.1, 0.15) is 0 Å². The number of anilines is 1. The van der Waals surface area contributed by atoms with Crippen LogP contribution >= 0.6 is 23.2 Å². The minimum absolute atomic E-state index is 0.0474. The van der Waals surface area contributed by atoms with E-state index in [-0.39, 0.29) is 25.0 Å². The lowest BCUT2D eigenvalue weighted by Crippen LogP contribution is -2.52. The quantitative estimate of drug-likeness (QED) is 0.742. The molecule has 3 heterocycles. The lowest BCUT2D eigenvalue weighted by molar-refractivity contribution is -0.133. The Kier molecular flexibility index (Phi) is 5.63. The van der Waals surface area contributed by atoms with Gasteiger partial charge in [0.05, 0.1) is 0 Å². The molecule has 1 saturated heterocycles. The van der Waals surface area contributed by atoms with Gasteiger partial charge in [-0.3, -0.25) is 14.5 Å². The van der Waals surface area contributed by atoms with E-state index in [1.54, 1.807) is 35.4 Å². The summed E-state index contributed by atoms with van der Waals surface area (Å²) in [4.78, 5) is 34.9. The highest BCUT2D eigenvalue weighted by Crippen LogP contribution is 2.35. The number of benzene rings is 1. The Hall–Kier alpha value is -2.35. The fraction of sp³-hybridized carbons (Fsp3) is 0.350. The Balaban J connectivity index is 1.57. The van der Waals surface area contributed by atoms with Crippen molar-refractivity contribution in [2.24, 2.45) is 0 Å². The number of aromatic nitrogens is 1. The van der Waals surface area contributed by atoms with Crippen LogP contribution in [0, 0.1) is 0 Å². The first-order valence-corrected chi connectivity index (χ1v) is 10.0. The highest BCUT2D eigenvalue weighted by Gasteiger charge is 2.31. The van der Waals surface area contributed by atoms with E-state index in [4.69, 9.17) is 27.9 Å². The van der Waals surface area contributed by atoms with Crippen LogP contribution in [-0.4, -0.2) is 73.0 Å². The van der Waals surface area contributed by atoms with Crippen molar-refractivity contribution in [3.63, 3.8) is 0 Å². The molecule has 0 spiro atoms. The second-order valence-corrected chi connectivity index (χ2v) is 8.03. The maximum atomic E-state index is 12.7. The Morgan fingerprint density at radius 1 is 1.07 bits per heavy atom. The fourth-order valence-corrected chi connectivity index (χ4v) is 3.94. The number of carbonyl (C=O) groups is 2. The van der Waals surface area contributed by atoms with Gasteiger partial charge in [0.25, 0.3) is 5.91 Å². The number of fused-ring (bicyclic) bond motifs is 1. The largest absolute Gasteiger partial charge is 0.480 e. The van der Waals surface area contributed by atoms with Crippen LogP contribution in [0.15, 0.2) is 30.5 Å². The number of rotatable bonds is 3. The average Bonchev–Trinajstić information content (AvgIpc) is 2.69. The molecule has 152 valence electrons. The summed E-state index contributed by atoms with van der Waals surface area (Å²) in [5, 5.41) is 1.03. The van der Waals surface area contributed by atoms with Crippen LogP contribution in [-0.2, 0) is 9.59 Å². The summed E-state index contributed by atoms with van der Waals surface area (Å²) in [5.74, 6) is 0.419. The van der Waals surface area contributed by atoms with Crippen molar-refractivity contribution in [2.45, 2.75) is 0 Å². The van der Waals surface area contributed by atoms with Crippen LogP contribution in [0.25, 0.3) is 11.1 Å². The molecular weight excluding hydrogens is 415 g/mol. The van der Waals surface area contributed by atoms with Gasteiger partial charge in [-0.15, -0.1) is 0 Å². The highest BCUT2D eigenvalue weighted by molar-refractivity contribution is 6.35. The zero-order chi connectivity index (χ0) is 20.5. The zero-order valence-electron chi connectivity index (χ0n) is 15.9. The predicted octanol–water partition coefficient (Wildman–Crippen LogP) is 2.55. The van der Waals surface area contributed by atoms with Gasteiger partial charge in [-0.1, -0.05) is 23.2 Å². The molecule has 2 aliphatic rings. The van der Waals surface area contributed by atoms with Crippen molar-refractivity contribution in [1.82, 2.24) is 14.8 Å². The van der Waals surface area contributed by atoms with Crippen molar-refractivity contribution in [2.75, 3.05) is 51.3 Å². The molecule has 0 bridgehead atoms. The third-order valence-electron chi connectivity index (χ3n) is 5.09. The number of pyridine rings is 1. The third kappa shape index (κ3) is 4.32. The molecule has 1 fully saturated rings. The average molecular weight is 435 g/mol. The van der Waals surface area contributed by atoms with E-state index in [9.17, 15) is 9.59 Å². The lowest BCUT2D eigenvalue weighted by atomic mass is 10.1. The lowest BCUT2D eigenvalue weighted by Gasteiger charge is -2.34. The van der Waals surface area contributed by atoms with Gasteiger partial charge in [0.2, 0.25) is 5.91 Å². The van der Waals surface area contributed by atoms with Crippen LogP contribution < -0.4 is 9.64 Å². The number of carbonyl (C=O) groups excluding carboxylic acids is 2. The summed E-state index contributed by atoms with van der Waals surface area (Å²) in [7, 11) is 2.03. The maximum Gasteiger partial charge on any atom is 0.266 e. The monoisotopic (exact) mass is 434 g/mol. The van der Waals surface area contributed by atoms with E-state index in [2.05, 4.69) is 9.88 Å². The number of halogens is 2. The van der Waals surface area contributed by atoms with Crippen LogP contribution in [0.5, 0.6) is 5.75 Å². The number of amides is 2. The van der Waals surface area contributed by atoms with Gasteiger partial charge in [-0.25, -0.2) is 4.98 Å². The van der Waals surface area contributed by atoms with E-state index in [1.165, 1.54) is 4.90 Å². The first-order chi connectivity index (χ1) is 13.9. The Labute approximate surface area is 178 Å². The van der Waals surface area contributed by atoms with Crippen LogP contribution in [0.2, 0.25) is 10.0 Å². The zero-order valence-corrected chi connectivity index (χ0v) is 17.4. The molecule has 0 N–H and O–H groups in total. The molecule has 4 rings (SSSR count). The van der Waals surface area contributed by atoms with E-state index < -0.39 is 0 Å². The van der Waals surface area contributed by atoms with Gasteiger partial charge in [-0.2, -0.15) is 0 Å². The molecule has 7 nitrogen and oxygen atoms in total. The first kappa shape index (κ1) is 19.9. The maximum absolute atomic E-state index is 12.7. The Morgan fingerprint density at radius 2 is 1.76 bits per heavy atom. The normalized spacial score (nSPS) is 17.1. The van der Waals surface area contributed by atoms with Crippen LogP contribution in [0.4, 0.5) is 5.82 Å². The van der Waals surface area contributed by atoms with E-state index >= 15 is 0 Å². The van der Waals surface area contributed by atoms with Gasteiger partial charge in [0.1, 0.15) is 6.54 Å². The first-order valence-electron chi connectivity index (χ1n) is 9.27. The molecular formula is C20H20Cl2N4O3. The van der Waals surface area contributed by atoms with E-state index in [0.29, 0.717) is 34.7 Å². The molecule has 29 heavy (non-hydrogen) atoms. The molecule has 9 heteroatoms. The molecule has 0 saturated carbocycles. The molecule has 2 aliphatic heterocycles. The standard InChI is InChI=1S/C20H20Cl2N4O3/c1-24-2-4-25(5-3-24)18(27)11-26-19(28)12-29-17-8-14(10-23-20(17)26)13-6-15(21)9-16(22)7-13/h6-10H,2-5,11-12H2,1H3. The summed E-state index contributed by atoms with van der Waals surface area (Å²) in [6.07, 6.45) is 1.62. The van der Waals surface area contributed by atoms with E-state index in [0.717, 1.165) is 24.2 Å². The summed E-state index contributed by atoms with van der Waals surface area (Å²) < 4.78 is 5.58. The second-order valence-electron chi connectivity index (χ2n) is 7.16. The molecule has 2 aromatic rings. The molecule has 0 unspecified atom stereocenters. The Bertz CT molecular complexity index is 940. The fourth-order valence-electron chi connectivity index (χ4n) is 3.41. The highest BCUT2D eigenvalue weighted by atomic mass is 35.5. The smallest absolute Gasteiger partial charge is 0.266 e. The number of nitrogens with zero attached hydrogens (tertiary/aromatic N) is 4. The van der Waals surface area contributed by atoms with Gasteiger partial charge in [0, 0.05) is 48.0 Å². The number of likely N-dealkylation sites (N-methyl/N-ethyl adjacent to an activating group) is 1.